The number of hydrogen-bond acceptors (Lipinski definition) is 2. The number of aromatic hydroxyl groups is 1. The molecule has 2 rings (SSSR count). The lowest BCUT2D eigenvalue weighted by Gasteiger charge is -1.93. The van der Waals surface area contributed by atoms with E-state index in [-0.39, 0.29) is 5.75 Å². The number of aromatic nitrogens is 1. The largest absolute Gasteiger partial charge is 0.507 e. The van der Waals surface area contributed by atoms with Gasteiger partial charge in [-0.2, -0.15) is 0 Å². The smallest absolute Gasteiger partial charge is 0.126 e. The van der Waals surface area contributed by atoms with Crippen LogP contribution < -0.4 is 5.73 Å². The Kier molecular flexibility index (Phi) is 1.90. The van der Waals surface area contributed by atoms with E-state index in [1.807, 2.05) is 6.07 Å². The minimum absolute atomic E-state index is 0.179. The molecule has 1 aromatic heterocycles. The van der Waals surface area contributed by atoms with E-state index in [2.05, 4.69) is 4.98 Å². The van der Waals surface area contributed by atoms with Gasteiger partial charge >= 0.3 is 0 Å². The number of aromatic amines is 1. The van der Waals surface area contributed by atoms with Gasteiger partial charge < -0.3 is 15.8 Å². The second-order valence-corrected chi connectivity index (χ2v) is 3.20. The van der Waals surface area contributed by atoms with E-state index in [1.54, 1.807) is 12.1 Å². The number of fused-ring (bicyclic) bond motifs is 1. The summed E-state index contributed by atoms with van der Waals surface area (Å²) < 4.78 is 0. The Labute approximate surface area is 80.1 Å². The van der Waals surface area contributed by atoms with Crippen molar-refractivity contribution in [3.8, 4) is 5.75 Å². The maximum atomic E-state index is 9.52. The summed E-state index contributed by atoms with van der Waals surface area (Å²) in [5, 5.41) is 10.7. The topological polar surface area (TPSA) is 62.0 Å². The molecule has 0 unspecified atom stereocenters. The first-order valence-electron chi connectivity index (χ1n) is 3.92. The van der Waals surface area contributed by atoms with Gasteiger partial charge in [0.1, 0.15) is 5.75 Å². The predicted molar refractivity (Wildman–Crippen MR) is 52.9 cm³/mol. The number of nitrogens with two attached hydrogens (primary N) is 1. The Balaban J connectivity index is 2.85. The minimum atomic E-state index is 0.179. The molecular formula is C9H9ClN2O. The molecule has 68 valence electrons. The number of nitrogens with one attached hydrogen (secondary N) is 1. The quantitative estimate of drug-likeness (QED) is 0.653. The third-order valence-corrected chi connectivity index (χ3v) is 2.43. The van der Waals surface area contributed by atoms with Crippen LogP contribution in [0.25, 0.3) is 10.9 Å². The van der Waals surface area contributed by atoms with Gasteiger partial charge in [0.05, 0.1) is 15.9 Å². The van der Waals surface area contributed by atoms with Crippen molar-refractivity contribution in [2.45, 2.75) is 6.54 Å². The average molecular weight is 197 g/mol. The van der Waals surface area contributed by atoms with Gasteiger partial charge in [0.25, 0.3) is 0 Å². The average Bonchev–Trinajstić information content (AvgIpc) is 2.44. The molecule has 0 aliphatic carbocycles. The molecule has 0 aliphatic heterocycles. The van der Waals surface area contributed by atoms with Crippen LogP contribution >= 0.6 is 11.6 Å². The number of hydrogen-bond donors (Lipinski definition) is 3. The van der Waals surface area contributed by atoms with E-state index in [9.17, 15) is 5.11 Å². The molecule has 2 aromatic rings. The zero-order valence-corrected chi connectivity index (χ0v) is 7.60. The Morgan fingerprint density at radius 1 is 1.46 bits per heavy atom. The Hall–Kier alpha value is -1.19. The van der Waals surface area contributed by atoms with Crippen LogP contribution in [0.1, 0.15) is 5.69 Å². The Morgan fingerprint density at radius 2 is 2.23 bits per heavy atom. The van der Waals surface area contributed by atoms with E-state index in [4.69, 9.17) is 17.3 Å². The summed E-state index contributed by atoms with van der Waals surface area (Å²) in [7, 11) is 0. The molecule has 0 bridgehead atoms. The Bertz CT molecular complexity index is 450. The molecular weight excluding hydrogens is 188 g/mol. The number of H-pyrrole nitrogens is 1. The van der Waals surface area contributed by atoms with Crippen LogP contribution in [0, 0.1) is 0 Å². The summed E-state index contributed by atoms with van der Waals surface area (Å²) in [4.78, 5) is 3.04. The van der Waals surface area contributed by atoms with Crippen LogP contribution in [-0.4, -0.2) is 10.1 Å². The van der Waals surface area contributed by atoms with Gasteiger partial charge in [-0.1, -0.05) is 17.7 Å². The summed E-state index contributed by atoms with van der Waals surface area (Å²) in [6, 6.07) is 5.20. The fourth-order valence-corrected chi connectivity index (χ4v) is 1.71. The highest BCUT2D eigenvalue weighted by Gasteiger charge is 2.10. The highest BCUT2D eigenvalue weighted by molar-refractivity contribution is 6.37. The molecule has 0 radical (unpaired) electrons. The predicted octanol–water partition coefficient (Wildman–Crippen LogP) is 1.99. The fourth-order valence-electron chi connectivity index (χ4n) is 1.38. The summed E-state index contributed by atoms with van der Waals surface area (Å²) in [5.74, 6) is 0.179. The van der Waals surface area contributed by atoms with Crippen molar-refractivity contribution in [2.75, 3.05) is 0 Å². The van der Waals surface area contributed by atoms with Gasteiger partial charge in [-0.25, -0.2) is 0 Å². The number of benzene rings is 1. The van der Waals surface area contributed by atoms with Crippen LogP contribution in [0.5, 0.6) is 5.75 Å². The molecule has 1 aromatic carbocycles. The highest BCUT2D eigenvalue weighted by Crippen LogP contribution is 2.33. The maximum Gasteiger partial charge on any atom is 0.126 e. The summed E-state index contributed by atoms with van der Waals surface area (Å²) in [5.41, 5.74) is 7.03. The molecule has 0 atom stereocenters. The van der Waals surface area contributed by atoms with Crippen LogP contribution in [0.3, 0.4) is 0 Å². The van der Waals surface area contributed by atoms with E-state index in [0.717, 1.165) is 11.2 Å². The summed E-state index contributed by atoms with van der Waals surface area (Å²) >= 11 is 5.99. The third kappa shape index (κ3) is 1.17. The fraction of sp³-hybridized carbons (Fsp3) is 0.111. The van der Waals surface area contributed by atoms with Crippen molar-refractivity contribution in [3.05, 3.63) is 28.9 Å². The Morgan fingerprint density at radius 3 is 2.85 bits per heavy atom. The minimum Gasteiger partial charge on any atom is -0.507 e. The summed E-state index contributed by atoms with van der Waals surface area (Å²) in [6.07, 6.45) is 0. The van der Waals surface area contributed by atoms with Gasteiger partial charge in [0.15, 0.2) is 0 Å². The van der Waals surface area contributed by atoms with Gasteiger partial charge in [-0.05, 0) is 12.1 Å². The van der Waals surface area contributed by atoms with Crippen molar-refractivity contribution < 1.29 is 5.11 Å². The molecule has 3 nitrogen and oxygen atoms in total. The zero-order valence-electron chi connectivity index (χ0n) is 6.84. The SMILES string of the molecule is NCc1[nH]c2cccc(O)c2c1Cl. The number of rotatable bonds is 1. The molecule has 0 spiro atoms. The maximum absolute atomic E-state index is 9.52. The number of halogens is 1. The molecule has 13 heavy (non-hydrogen) atoms. The van der Waals surface area contributed by atoms with Crippen molar-refractivity contribution in [2.24, 2.45) is 5.73 Å². The molecule has 1 heterocycles. The monoisotopic (exact) mass is 196 g/mol. The van der Waals surface area contributed by atoms with E-state index < -0.39 is 0 Å². The van der Waals surface area contributed by atoms with Crippen LogP contribution in [0.2, 0.25) is 5.02 Å². The first kappa shape index (κ1) is 8.41. The standard InChI is InChI=1S/C9H9ClN2O/c10-9-6(4-11)12-5-2-1-3-7(13)8(5)9/h1-3,12-13H,4,11H2. The van der Waals surface area contributed by atoms with Gasteiger partial charge in [0, 0.05) is 12.2 Å². The van der Waals surface area contributed by atoms with E-state index in [0.29, 0.717) is 17.0 Å². The third-order valence-electron chi connectivity index (χ3n) is 2.02. The zero-order chi connectivity index (χ0) is 9.42. The normalized spacial score (nSPS) is 10.9. The highest BCUT2D eigenvalue weighted by atomic mass is 35.5. The van der Waals surface area contributed by atoms with E-state index in [1.165, 1.54) is 0 Å². The lowest BCUT2D eigenvalue weighted by atomic mass is 10.2. The molecule has 4 N–H and O–H groups in total. The number of phenols is 1. The van der Waals surface area contributed by atoms with Crippen molar-refractivity contribution in [1.82, 2.24) is 4.98 Å². The molecule has 0 saturated heterocycles. The van der Waals surface area contributed by atoms with Crippen LogP contribution in [-0.2, 0) is 6.54 Å². The second-order valence-electron chi connectivity index (χ2n) is 2.82. The lowest BCUT2D eigenvalue weighted by Crippen LogP contribution is -1.96. The van der Waals surface area contributed by atoms with Crippen molar-refractivity contribution in [1.29, 1.82) is 0 Å². The first-order chi connectivity index (χ1) is 6.24. The van der Waals surface area contributed by atoms with Crippen molar-refractivity contribution >= 4 is 22.5 Å². The first-order valence-corrected chi connectivity index (χ1v) is 4.30. The van der Waals surface area contributed by atoms with Crippen LogP contribution in [0.15, 0.2) is 18.2 Å². The molecule has 0 saturated carbocycles. The van der Waals surface area contributed by atoms with Crippen LogP contribution in [0.4, 0.5) is 0 Å². The number of phenolic OH excluding ortho intramolecular Hbond substituents is 1. The lowest BCUT2D eigenvalue weighted by molar-refractivity contribution is 0.482. The van der Waals surface area contributed by atoms with Crippen molar-refractivity contribution in [3.63, 3.8) is 0 Å². The molecule has 0 fully saturated rings. The molecule has 0 amide bonds. The summed E-state index contributed by atoms with van der Waals surface area (Å²) in [6.45, 7) is 0.340. The molecule has 0 aliphatic rings. The molecule has 4 heteroatoms. The van der Waals surface area contributed by atoms with Gasteiger partial charge in [-0.3, -0.25) is 0 Å². The second kappa shape index (κ2) is 2.94. The van der Waals surface area contributed by atoms with Gasteiger partial charge in [-0.15, -0.1) is 0 Å². The van der Waals surface area contributed by atoms with E-state index >= 15 is 0 Å². The van der Waals surface area contributed by atoms with Gasteiger partial charge in [0.2, 0.25) is 0 Å².